The molecule has 4 heteroatoms. The summed E-state index contributed by atoms with van der Waals surface area (Å²) in [4.78, 5) is 11.8. The first-order valence-corrected chi connectivity index (χ1v) is 6.72. The quantitative estimate of drug-likeness (QED) is 0.903. The van der Waals surface area contributed by atoms with E-state index in [0.717, 1.165) is 42.9 Å². The van der Waals surface area contributed by atoms with Crippen LogP contribution in [0.3, 0.4) is 0 Å². The van der Waals surface area contributed by atoms with Crippen molar-refractivity contribution < 1.29 is 14.3 Å². The maximum absolute atomic E-state index is 11.8. The van der Waals surface area contributed by atoms with E-state index in [-0.39, 0.29) is 18.6 Å². The first kappa shape index (κ1) is 13.9. The summed E-state index contributed by atoms with van der Waals surface area (Å²) in [5.41, 5.74) is 2.28. The van der Waals surface area contributed by atoms with E-state index < -0.39 is 0 Å². The van der Waals surface area contributed by atoms with Crippen molar-refractivity contribution in [2.75, 3.05) is 19.8 Å². The number of hydrogen-bond acceptors (Lipinski definition) is 3. The Labute approximate surface area is 114 Å². The molecule has 1 aliphatic rings. The normalized spacial score (nSPS) is 16.1. The van der Waals surface area contributed by atoms with Gasteiger partial charge in [0.25, 0.3) is 5.91 Å². The molecule has 0 aromatic heterocycles. The van der Waals surface area contributed by atoms with Gasteiger partial charge in [-0.3, -0.25) is 4.79 Å². The highest BCUT2D eigenvalue weighted by atomic mass is 16.5. The second-order valence-corrected chi connectivity index (χ2v) is 5.07. The van der Waals surface area contributed by atoms with Crippen molar-refractivity contribution in [1.82, 2.24) is 5.32 Å². The first-order valence-electron chi connectivity index (χ1n) is 6.72. The van der Waals surface area contributed by atoms with Crippen LogP contribution in [0.25, 0.3) is 0 Å². The van der Waals surface area contributed by atoms with Gasteiger partial charge in [0.2, 0.25) is 0 Å². The van der Waals surface area contributed by atoms with Gasteiger partial charge < -0.3 is 14.8 Å². The van der Waals surface area contributed by atoms with Crippen molar-refractivity contribution in [3.63, 3.8) is 0 Å². The van der Waals surface area contributed by atoms with Gasteiger partial charge in [-0.15, -0.1) is 0 Å². The van der Waals surface area contributed by atoms with Crippen molar-refractivity contribution in [1.29, 1.82) is 0 Å². The molecule has 4 nitrogen and oxygen atoms in total. The predicted molar refractivity (Wildman–Crippen MR) is 73.4 cm³/mol. The van der Waals surface area contributed by atoms with E-state index in [1.165, 1.54) is 0 Å². The van der Waals surface area contributed by atoms with Gasteiger partial charge in [0.1, 0.15) is 5.75 Å². The SMILES string of the molecule is Cc1cc(C)cc(OCC(=O)NC2CCOCC2)c1. The zero-order valence-electron chi connectivity index (χ0n) is 11.6. The van der Waals surface area contributed by atoms with Crippen LogP contribution in [0.1, 0.15) is 24.0 Å². The minimum atomic E-state index is -0.0638. The van der Waals surface area contributed by atoms with Gasteiger partial charge >= 0.3 is 0 Å². The molecule has 0 aliphatic carbocycles. The molecule has 0 spiro atoms. The number of carbonyl (C=O) groups is 1. The van der Waals surface area contributed by atoms with E-state index >= 15 is 0 Å². The fourth-order valence-corrected chi connectivity index (χ4v) is 2.28. The Balaban J connectivity index is 1.79. The molecule has 1 heterocycles. The molecule has 1 saturated heterocycles. The Morgan fingerprint density at radius 1 is 1.26 bits per heavy atom. The molecule has 1 fully saturated rings. The lowest BCUT2D eigenvalue weighted by Gasteiger charge is -2.23. The Kier molecular flexibility index (Phi) is 4.80. The number of benzene rings is 1. The molecule has 1 aromatic carbocycles. The monoisotopic (exact) mass is 263 g/mol. The molecule has 2 rings (SSSR count). The van der Waals surface area contributed by atoms with E-state index in [0.29, 0.717) is 0 Å². The maximum Gasteiger partial charge on any atom is 0.258 e. The lowest BCUT2D eigenvalue weighted by atomic mass is 10.1. The van der Waals surface area contributed by atoms with Gasteiger partial charge in [0.05, 0.1) is 0 Å². The highest BCUT2D eigenvalue weighted by Gasteiger charge is 2.16. The Morgan fingerprint density at radius 3 is 2.53 bits per heavy atom. The summed E-state index contributed by atoms with van der Waals surface area (Å²) in [6, 6.07) is 6.18. The molecular weight excluding hydrogens is 242 g/mol. The van der Waals surface area contributed by atoms with Gasteiger partial charge in [-0.25, -0.2) is 0 Å². The number of aryl methyl sites for hydroxylation is 2. The van der Waals surface area contributed by atoms with Crippen molar-refractivity contribution in [3.05, 3.63) is 29.3 Å². The summed E-state index contributed by atoms with van der Waals surface area (Å²) < 4.78 is 10.8. The van der Waals surface area contributed by atoms with Crippen LogP contribution in [0.2, 0.25) is 0 Å². The van der Waals surface area contributed by atoms with Crippen molar-refractivity contribution in [3.8, 4) is 5.75 Å². The van der Waals surface area contributed by atoms with Crippen LogP contribution in [0.4, 0.5) is 0 Å². The van der Waals surface area contributed by atoms with Gasteiger partial charge in [0.15, 0.2) is 6.61 Å². The topological polar surface area (TPSA) is 47.6 Å². The molecule has 0 unspecified atom stereocenters. The van der Waals surface area contributed by atoms with Crippen molar-refractivity contribution in [2.45, 2.75) is 32.7 Å². The van der Waals surface area contributed by atoms with E-state index in [1.807, 2.05) is 26.0 Å². The second-order valence-electron chi connectivity index (χ2n) is 5.07. The van der Waals surface area contributed by atoms with Gasteiger partial charge in [-0.05, 0) is 49.9 Å². The molecule has 1 aromatic rings. The van der Waals surface area contributed by atoms with Gasteiger partial charge in [-0.1, -0.05) is 6.07 Å². The van der Waals surface area contributed by atoms with Crippen molar-refractivity contribution >= 4 is 5.91 Å². The molecule has 0 radical (unpaired) electrons. The largest absolute Gasteiger partial charge is 0.484 e. The lowest BCUT2D eigenvalue weighted by molar-refractivity contribution is -0.124. The van der Waals surface area contributed by atoms with Crippen LogP contribution < -0.4 is 10.1 Å². The van der Waals surface area contributed by atoms with Crippen molar-refractivity contribution in [2.24, 2.45) is 0 Å². The lowest BCUT2D eigenvalue weighted by Crippen LogP contribution is -2.41. The number of rotatable bonds is 4. The number of amides is 1. The minimum Gasteiger partial charge on any atom is -0.484 e. The molecule has 0 bridgehead atoms. The number of hydrogen-bond donors (Lipinski definition) is 1. The molecule has 0 atom stereocenters. The van der Waals surface area contributed by atoms with Crippen LogP contribution in [-0.2, 0) is 9.53 Å². The minimum absolute atomic E-state index is 0.0638. The summed E-state index contributed by atoms with van der Waals surface area (Å²) in [6.45, 7) is 5.55. The Bertz CT molecular complexity index is 419. The zero-order chi connectivity index (χ0) is 13.7. The third kappa shape index (κ3) is 4.56. The molecule has 19 heavy (non-hydrogen) atoms. The Hall–Kier alpha value is -1.55. The van der Waals surface area contributed by atoms with Crippen LogP contribution in [0.5, 0.6) is 5.75 Å². The highest BCUT2D eigenvalue weighted by molar-refractivity contribution is 5.77. The van der Waals surface area contributed by atoms with Crippen LogP contribution in [-0.4, -0.2) is 31.8 Å². The van der Waals surface area contributed by atoms with Crippen LogP contribution in [0, 0.1) is 13.8 Å². The third-order valence-corrected chi connectivity index (χ3v) is 3.15. The van der Waals surface area contributed by atoms with E-state index in [4.69, 9.17) is 9.47 Å². The standard InChI is InChI=1S/C15H21NO3/c1-11-7-12(2)9-14(8-11)19-10-15(17)16-13-3-5-18-6-4-13/h7-9,13H,3-6,10H2,1-2H3,(H,16,17). The Morgan fingerprint density at radius 2 is 1.89 bits per heavy atom. The summed E-state index contributed by atoms with van der Waals surface area (Å²) in [6.07, 6.45) is 1.77. The van der Waals surface area contributed by atoms with E-state index in [9.17, 15) is 4.79 Å². The summed E-state index contributed by atoms with van der Waals surface area (Å²) in [7, 11) is 0. The van der Waals surface area contributed by atoms with Crippen LogP contribution in [0.15, 0.2) is 18.2 Å². The van der Waals surface area contributed by atoms with Gasteiger partial charge in [0, 0.05) is 19.3 Å². The molecule has 104 valence electrons. The summed E-state index contributed by atoms with van der Waals surface area (Å²) >= 11 is 0. The molecule has 1 aliphatic heterocycles. The highest BCUT2D eigenvalue weighted by Crippen LogP contribution is 2.16. The maximum atomic E-state index is 11.8. The smallest absolute Gasteiger partial charge is 0.258 e. The number of carbonyl (C=O) groups excluding carboxylic acids is 1. The predicted octanol–water partition coefficient (Wildman–Crippen LogP) is 1.98. The molecule has 1 amide bonds. The first-order chi connectivity index (χ1) is 9.13. The average Bonchev–Trinajstić information content (AvgIpc) is 2.36. The van der Waals surface area contributed by atoms with E-state index in [1.54, 1.807) is 0 Å². The third-order valence-electron chi connectivity index (χ3n) is 3.15. The van der Waals surface area contributed by atoms with E-state index in [2.05, 4.69) is 11.4 Å². The summed E-state index contributed by atoms with van der Waals surface area (Å²) in [5.74, 6) is 0.686. The fourth-order valence-electron chi connectivity index (χ4n) is 2.28. The number of ether oxygens (including phenoxy) is 2. The second kappa shape index (κ2) is 6.57. The fraction of sp³-hybridized carbons (Fsp3) is 0.533. The molecule has 1 N–H and O–H groups in total. The average molecular weight is 263 g/mol. The molecular formula is C15H21NO3. The van der Waals surface area contributed by atoms with Gasteiger partial charge in [-0.2, -0.15) is 0 Å². The number of nitrogens with one attached hydrogen (secondary N) is 1. The zero-order valence-corrected chi connectivity index (χ0v) is 11.6. The summed E-state index contributed by atoms with van der Waals surface area (Å²) in [5, 5.41) is 2.97. The molecule has 0 saturated carbocycles. The van der Waals surface area contributed by atoms with Crippen LogP contribution >= 0.6 is 0 Å².